The van der Waals surface area contributed by atoms with Crippen molar-refractivity contribution in [2.75, 3.05) is 50.8 Å². The van der Waals surface area contributed by atoms with E-state index in [9.17, 15) is 14.0 Å². The average Bonchev–Trinajstić information content (AvgIpc) is 2.75. The standard InChI is InChI=1S/C22H30FN3O3/c23-19-8-4-5-9-20(19)25-12-14-26(15-13-25)22(28)17-29-16-21(27)24-11-10-18-6-2-1-3-7-18/h4-6,8-9H,1-3,7,10-17H2,(H,24,27). The lowest BCUT2D eigenvalue weighted by atomic mass is 9.97. The maximum Gasteiger partial charge on any atom is 0.248 e. The number of hydrogen-bond donors (Lipinski definition) is 1. The first-order chi connectivity index (χ1) is 14.1. The van der Waals surface area contributed by atoms with E-state index in [0.717, 1.165) is 19.3 Å². The predicted octanol–water partition coefficient (Wildman–Crippen LogP) is 2.50. The number of halogens is 1. The fraction of sp³-hybridized carbons (Fsp3) is 0.545. The highest BCUT2D eigenvalue weighted by Gasteiger charge is 2.22. The summed E-state index contributed by atoms with van der Waals surface area (Å²) in [6.07, 6.45) is 7.93. The van der Waals surface area contributed by atoms with Crippen molar-refractivity contribution >= 4 is 17.5 Å². The molecule has 6 nitrogen and oxygen atoms in total. The van der Waals surface area contributed by atoms with Crippen LogP contribution in [-0.2, 0) is 14.3 Å². The van der Waals surface area contributed by atoms with Crippen molar-refractivity contribution in [1.29, 1.82) is 0 Å². The Hall–Kier alpha value is -2.41. The van der Waals surface area contributed by atoms with Crippen LogP contribution in [-0.4, -0.2) is 62.7 Å². The Morgan fingerprint density at radius 1 is 1.07 bits per heavy atom. The van der Waals surface area contributed by atoms with Crippen molar-refractivity contribution in [3.63, 3.8) is 0 Å². The molecule has 0 spiro atoms. The van der Waals surface area contributed by atoms with Crippen LogP contribution >= 0.6 is 0 Å². The Labute approximate surface area is 171 Å². The van der Waals surface area contributed by atoms with Gasteiger partial charge in [-0.2, -0.15) is 0 Å². The molecule has 1 fully saturated rings. The molecule has 2 aliphatic rings. The van der Waals surface area contributed by atoms with Crippen LogP contribution in [0.4, 0.5) is 10.1 Å². The Bertz CT molecular complexity index is 730. The zero-order valence-electron chi connectivity index (χ0n) is 16.9. The Balaban J connectivity index is 1.29. The highest BCUT2D eigenvalue weighted by molar-refractivity contribution is 5.79. The predicted molar refractivity (Wildman–Crippen MR) is 110 cm³/mol. The number of amides is 2. The van der Waals surface area contributed by atoms with E-state index in [2.05, 4.69) is 11.4 Å². The molecular weight excluding hydrogens is 373 g/mol. The zero-order chi connectivity index (χ0) is 20.5. The maximum atomic E-state index is 13.9. The van der Waals surface area contributed by atoms with Crippen molar-refractivity contribution in [1.82, 2.24) is 10.2 Å². The van der Waals surface area contributed by atoms with Crippen molar-refractivity contribution in [3.8, 4) is 0 Å². The fourth-order valence-electron chi connectivity index (χ4n) is 3.77. The second-order valence-corrected chi connectivity index (χ2v) is 7.52. The van der Waals surface area contributed by atoms with Crippen molar-refractivity contribution in [2.45, 2.75) is 32.1 Å². The number of piperazine rings is 1. The molecule has 3 rings (SSSR count). The van der Waals surface area contributed by atoms with E-state index >= 15 is 0 Å². The van der Waals surface area contributed by atoms with E-state index in [4.69, 9.17) is 4.74 Å². The van der Waals surface area contributed by atoms with E-state index in [-0.39, 0.29) is 30.8 Å². The molecule has 1 aromatic carbocycles. The van der Waals surface area contributed by atoms with E-state index < -0.39 is 0 Å². The minimum Gasteiger partial charge on any atom is -0.366 e. The number of allylic oxidation sites excluding steroid dienone is 1. The molecule has 0 bridgehead atoms. The summed E-state index contributed by atoms with van der Waals surface area (Å²) in [4.78, 5) is 27.8. The highest BCUT2D eigenvalue weighted by Crippen LogP contribution is 2.20. The van der Waals surface area contributed by atoms with E-state index in [1.165, 1.54) is 24.5 Å². The van der Waals surface area contributed by atoms with Crippen molar-refractivity contribution in [3.05, 3.63) is 41.7 Å². The van der Waals surface area contributed by atoms with Crippen molar-refractivity contribution in [2.24, 2.45) is 0 Å². The molecule has 1 aromatic rings. The first-order valence-electron chi connectivity index (χ1n) is 10.4. The third kappa shape index (κ3) is 6.56. The second kappa shape index (κ2) is 11.0. The molecule has 1 aliphatic heterocycles. The topological polar surface area (TPSA) is 61.9 Å². The molecule has 2 amide bonds. The van der Waals surface area contributed by atoms with Gasteiger partial charge < -0.3 is 19.9 Å². The average molecular weight is 403 g/mol. The van der Waals surface area contributed by atoms with Crippen LogP contribution in [0.15, 0.2) is 35.9 Å². The number of para-hydroxylation sites is 1. The third-order valence-corrected chi connectivity index (χ3v) is 5.44. The SMILES string of the molecule is O=C(COCC(=O)N1CCN(c2ccccc2F)CC1)NCCC1=CCCCC1. The number of nitrogens with zero attached hydrogens (tertiary/aromatic N) is 2. The number of hydrogen-bond acceptors (Lipinski definition) is 4. The number of nitrogens with one attached hydrogen (secondary N) is 1. The van der Waals surface area contributed by atoms with Gasteiger partial charge in [-0.05, 0) is 44.2 Å². The summed E-state index contributed by atoms with van der Waals surface area (Å²) >= 11 is 0. The number of benzene rings is 1. The lowest BCUT2D eigenvalue weighted by Crippen LogP contribution is -2.50. The summed E-state index contributed by atoms with van der Waals surface area (Å²) in [6.45, 7) is 2.56. The summed E-state index contributed by atoms with van der Waals surface area (Å²) in [6, 6.07) is 6.66. The Morgan fingerprint density at radius 2 is 1.86 bits per heavy atom. The molecule has 7 heteroatoms. The van der Waals surface area contributed by atoms with Gasteiger partial charge in [-0.25, -0.2) is 4.39 Å². The Kier molecular flexibility index (Phi) is 8.04. The summed E-state index contributed by atoms with van der Waals surface area (Å²) in [7, 11) is 0. The fourth-order valence-corrected chi connectivity index (χ4v) is 3.77. The summed E-state index contributed by atoms with van der Waals surface area (Å²) in [5.74, 6) is -0.585. The van der Waals surface area contributed by atoms with Crippen LogP contribution in [0.1, 0.15) is 32.1 Å². The first-order valence-corrected chi connectivity index (χ1v) is 10.4. The van der Waals surface area contributed by atoms with Crippen LogP contribution in [0.25, 0.3) is 0 Å². The van der Waals surface area contributed by atoms with Gasteiger partial charge in [0.2, 0.25) is 11.8 Å². The van der Waals surface area contributed by atoms with Gasteiger partial charge in [0.15, 0.2) is 0 Å². The molecule has 1 aliphatic carbocycles. The molecule has 29 heavy (non-hydrogen) atoms. The third-order valence-electron chi connectivity index (χ3n) is 5.44. The molecule has 1 N–H and O–H groups in total. The van der Waals surface area contributed by atoms with Crippen LogP contribution in [0.3, 0.4) is 0 Å². The van der Waals surface area contributed by atoms with Gasteiger partial charge in [-0.3, -0.25) is 9.59 Å². The van der Waals surface area contributed by atoms with Crippen LogP contribution < -0.4 is 10.2 Å². The van der Waals surface area contributed by atoms with E-state index in [1.807, 2.05) is 4.90 Å². The Morgan fingerprint density at radius 3 is 2.59 bits per heavy atom. The number of carbonyl (C=O) groups excluding carboxylic acids is 2. The van der Waals surface area contributed by atoms with Gasteiger partial charge in [-0.15, -0.1) is 0 Å². The van der Waals surface area contributed by atoms with E-state index in [1.54, 1.807) is 23.1 Å². The smallest absolute Gasteiger partial charge is 0.248 e. The van der Waals surface area contributed by atoms with Crippen LogP contribution in [0, 0.1) is 5.82 Å². The molecule has 0 unspecified atom stereocenters. The van der Waals surface area contributed by atoms with Gasteiger partial charge in [0.25, 0.3) is 0 Å². The molecule has 1 saturated heterocycles. The van der Waals surface area contributed by atoms with E-state index in [0.29, 0.717) is 38.4 Å². The molecule has 0 atom stereocenters. The lowest BCUT2D eigenvalue weighted by Gasteiger charge is -2.36. The van der Waals surface area contributed by atoms with Crippen LogP contribution in [0.2, 0.25) is 0 Å². The normalized spacial score (nSPS) is 17.1. The number of anilines is 1. The second-order valence-electron chi connectivity index (χ2n) is 7.52. The minimum atomic E-state index is -0.249. The number of carbonyl (C=O) groups is 2. The van der Waals surface area contributed by atoms with Crippen molar-refractivity contribution < 1.29 is 18.7 Å². The monoisotopic (exact) mass is 403 g/mol. The minimum absolute atomic E-state index is 0.111. The summed E-state index contributed by atoms with van der Waals surface area (Å²) in [5.41, 5.74) is 1.98. The number of ether oxygens (including phenoxy) is 1. The summed E-state index contributed by atoms with van der Waals surface area (Å²) in [5, 5.41) is 2.84. The molecule has 0 aromatic heterocycles. The molecule has 1 heterocycles. The zero-order valence-corrected chi connectivity index (χ0v) is 16.9. The van der Waals surface area contributed by atoms with Gasteiger partial charge in [0, 0.05) is 32.7 Å². The largest absolute Gasteiger partial charge is 0.366 e. The lowest BCUT2D eigenvalue weighted by molar-refractivity contribution is -0.138. The number of rotatable bonds is 8. The molecule has 0 saturated carbocycles. The first kappa shape index (κ1) is 21.3. The van der Waals surface area contributed by atoms with Gasteiger partial charge in [0.1, 0.15) is 19.0 Å². The molecule has 158 valence electrons. The summed E-state index contributed by atoms with van der Waals surface area (Å²) < 4.78 is 19.2. The van der Waals surface area contributed by atoms with Gasteiger partial charge in [-0.1, -0.05) is 23.8 Å². The molecule has 0 radical (unpaired) electrons. The quantitative estimate of drug-likeness (QED) is 0.678. The van der Waals surface area contributed by atoms with Gasteiger partial charge >= 0.3 is 0 Å². The van der Waals surface area contributed by atoms with Crippen LogP contribution in [0.5, 0.6) is 0 Å². The maximum absolute atomic E-state index is 13.9. The highest BCUT2D eigenvalue weighted by atomic mass is 19.1. The van der Waals surface area contributed by atoms with Gasteiger partial charge in [0.05, 0.1) is 5.69 Å². The molecular formula is C22H30FN3O3.